The Kier molecular flexibility index (Phi) is 4.36. The number of aryl methyl sites for hydroxylation is 2. The molecule has 8 heteroatoms. The van der Waals surface area contributed by atoms with Crippen molar-refractivity contribution in [3.8, 4) is 11.3 Å². The molecule has 1 amide bonds. The summed E-state index contributed by atoms with van der Waals surface area (Å²) in [6.45, 7) is 3.79. The number of hydrogen-bond donors (Lipinski definition) is 1. The van der Waals surface area contributed by atoms with Crippen molar-refractivity contribution in [2.75, 3.05) is 0 Å². The van der Waals surface area contributed by atoms with Crippen molar-refractivity contribution in [1.29, 1.82) is 0 Å². The summed E-state index contributed by atoms with van der Waals surface area (Å²) in [4.78, 5) is 16.8. The molecule has 4 rings (SSSR count). The van der Waals surface area contributed by atoms with E-state index in [4.69, 9.17) is 0 Å². The molecule has 1 saturated carbocycles. The summed E-state index contributed by atoms with van der Waals surface area (Å²) in [5.74, 6) is -1.38. The highest BCUT2D eigenvalue weighted by Crippen LogP contribution is 2.40. The van der Waals surface area contributed by atoms with Gasteiger partial charge in [0, 0.05) is 5.56 Å². The van der Waals surface area contributed by atoms with Crippen molar-refractivity contribution < 1.29 is 18.0 Å². The van der Waals surface area contributed by atoms with E-state index < -0.39 is 24.0 Å². The fourth-order valence-electron chi connectivity index (χ4n) is 3.33. The predicted molar refractivity (Wildman–Crippen MR) is 97.9 cm³/mol. The van der Waals surface area contributed by atoms with Crippen LogP contribution in [-0.4, -0.2) is 32.7 Å². The van der Waals surface area contributed by atoms with Crippen molar-refractivity contribution in [2.45, 2.75) is 38.9 Å². The standard InChI is InChI=1S/C20H19F3N4O/c1-11-4-3-5-14(8-11)15-9-12(2)18-24-10-16(27(18)26-15)19(28)25-17(13-6-7-13)20(21,22)23/h3-5,8-10,13,17H,6-7H2,1-2H3,(H,25,28). The number of hydrogen-bond acceptors (Lipinski definition) is 3. The Bertz CT molecular complexity index is 1050. The maximum Gasteiger partial charge on any atom is 0.408 e. The van der Waals surface area contributed by atoms with Crippen LogP contribution in [0, 0.1) is 19.8 Å². The molecule has 2 aromatic heterocycles. The van der Waals surface area contributed by atoms with Gasteiger partial charge >= 0.3 is 6.18 Å². The Morgan fingerprint density at radius 3 is 2.64 bits per heavy atom. The number of nitrogens with one attached hydrogen (secondary N) is 1. The third-order valence-corrected chi connectivity index (χ3v) is 4.93. The molecular weight excluding hydrogens is 369 g/mol. The first-order valence-corrected chi connectivity index (χ1v) is 9.04. The molecular formula is C20H19F3N4O. The smallest absolute Gasteiger partial charge is 0.339 e. The van der Waals surface area contributed by atoms with Gasteiger partial charge in [-0.3, -0.25) is 4.79 Å². The lowest BCUT2D eigenvalue weighted by atomic mass is 10.1. The third-order valence-electron chi connectivity index (χ3n) is 4.93. The predicted octanol–water partition coefficient (Wildman–Crippen LogP) is 4.08. The maximum absolute atomic E-state index is 13.3. The lowest BCUT2D eigenvalue weighted by Crippen LogP contribution is -2.47. The number of imidazole rings is 1. The molecule has 2 heterocycles. The van der Waals surface area contributed by atoms with Gasteiger partial charge in [-0.05, 0) is 50.3 Å². The molecule has 1 unspecified atom stereocenters. The molecule has 146 valence electrons. The minimum Gasteiger partial charge on any atom is -0.339 e. The topological polar surface area (TPSA) is 59.3 Å². The zero-order chi connectivity index (χ0) is 20.1. The minimum atomic E-state index is -4.48. The van der Waals surface area contributed by atoms with E-state index in [0.29, 0.717) is 24.2 Å². The van der Waals surface area contributed by atoms with Gasteiger partial charge < -0.3 is 5.32 Å². The fourth-order valence-corrected chi connectivity index (χ4v) is 3.33. The number of carbonyl (C=O) groups excluding carboxylic acids is 1. The zero-order valence-corrected chi connectivity index (χ0v) is 15.4. The van der Waals surface area contributed by atoms with Crippen LogP contribution in [0.1, 0.15) is 34.5 Å². The molecule has 1 aromatic carbocycles. The van der Waals surface area contributed by atoms with E-state index in [1.165, 1.54) is 10.7 Å². The Balaban J connectivity index is 1.72. The molecule has 28 heavy (non-hydrogen) atoms. The molecule has 0 aliphatic heterocycles. The highest BCUT2D eigenvalue weighted by Gasteiger charge is 2.49. The number of alkyl halides is 3. The molecule has 1 aliphatic carbocycles. The lowest BCUT2D eigenvalue weighted by molar-refractivity contribution is -0.158. The lowest BCUT2D eigenvalue weighted by Gasteiger charge is -2.21. The highest BCUT2D eigenvalue weighted by molar-refractivity contribution is 5.93. The SMILES string of the molecule is Cc1cccc(-c2cc(C)c3ncc(C(=O)NC(C4CC4)C(F)(F)F)n3n2)c1. The molecule has 0 bridgehead atoms. The highest BCUT2D eigenvalue weighted by atomic mass is 19.4. The molecule has 0 saturated heterocycles. The molecule has 0 spiro atoms. The quantitative estimate of drug-likeness (QED) is 0.733. The average molecular weight is 388 g/mol. The van der Waals surface area contributed by atoms with Crippen LogP contribution in [-0.2, 0) is 0 Å². The van der Waals surface area contributed by atoms with Gasteiger partial charge in [0.25, 0.3) is 5.91 Å². The third kappa shape index (κ3) is 3.46. The van der Waals surface area contributed by atoms with Crippen molar-refractivity contribution in [3.63, 3.8) is 0 Å². The van der Waals surface area contributed by atoms with Gasteiger partial charge in [-0.1, -0.05) is 23.8 Å². The van der Waals surface area contributed by atoms with Crippen LogP contribution in [0.15, 0.2) is 36.5 Å². The normalized spacial score (nSPS) is 15.6. The summed E-state index contributed by atoms with van der Waals surface area (Å²) in [6, 6.07) is 7.71. The zero-order valence-electron chi connectivity index (χ0n) is 15.4. The van der Waals surface area contributed by atoms with Crippen molar-refractivity contribution in [2.24, 2.45) is 5.92 Å². The Morgan fingerprint density at radius 1 is 1.25 bits per heavy atom. The van der Waals surface area contributed by atoms with Crippen LogP contribution in [0.3, 0.4) is 0 Å². The summed E-state index contributed by atoms with van der Waals surface area (Å²) < 4.78 is 41.1. The molecule has 1 atom stereocenters. The van der Waals surface area contributed by atoms with Gasteiger partial charge in [-0.25, -0.2) is 9.50 Å². The van der Waals surface area contributed by atoms with Crippen molar-refractivity contribution >= 4 is 11.6 Å². The minimum absolute atomic E-state index is 0.0116. The van der Waals surface area contributed by atoms with Crippen LogP contribution >= 0.6 is 0 Å². The second-order valence-corrected chi connectivity index (χ2v) is 7.29. The van der Waals surface area contributed by atoms with Crippen LogP contribution in [0.5, 0.6) is 0 Å². The molecule has 3 aromatic rings. The first kappa shape index (κ1) is 18.5. The molecule has 1 fully saturated rings. The summed E-state index contributed by atoms with van der Waals surface area (Å²) >= 11 is 0. The maximum atomic E-state index is 13.3. The van der Waals surface area contributed by atoms with Crippen LogP contribution in [0.25, 0.3) is 16.9 Å². The number of rotatable bonds is 4. The van der Waals surface area contributed by atoms with Crippen LogP contribution in [0.4, 0.5) is 13.2 Å². The summed E-state index contributed by atoms with van der Waals surface area (Å²) in [5, 5.41) is 6.61. The van der Waals surface area contributed by atoms with Gasteiger partial charge in [-0.15, -0.1) is 0 Å². The fraction of sp³-hybridized carbons (Fsp3) is 0.350. The van der Waals surface area contributed by atoms with Crippen LogP contribution in [0.2, 0.25) is 0 Å². The number of benzene rings is 1. The summed E-state index contributed by atoms with van der Waals surface area (Å²) in [5.41, 5.74) is 3.74. The average Bonchev–Trinajstić information content (AvgIpc) is 3.36. The van der Waals surface area contributed by atoms with E-state index in [9.17, 15) is 18.0 Å². The first-order chi connectivity index (χ1) is 13.2. The summed E-state index contributed by atoms with van der Waals surface area (Å²) in [6.07, 6.45) is -2.28. The molecule has 1 aliphatic rings. The first-order valence-electron chi connectivity index (χ1n) is 9.04. The largest absolute Gasteiger partial charge is 0.408 e. The van der Waals surface area contributed by atoms with Gasteiger partial charge in [0.15, 0.2) is 11.3 Å². The molecule has 1 N–H and O–H groups in total. The number of amides is 1. The Labute approximate surface area is 159 Å². The van der Waals surface area contributed by atoms with Crippen LogP contribution < -0.4 is 5.32 Å². The number of aromatic nitrogens is 3. The number of halogens is 3. The van der Waals surface area contributed by atoms with Gasteiger partial charge in [0.2, 0.25) is 0 Å². The van der Waals surface area contributed by atoms with Gasteiger partial charge in [-0.2, -0.15) is 18.3 Å². The van der Waals surface area contributed by atoms with E-state index in [-0.39, 0.29) is 5.69 Å². The second kappa shape index (κ2) is 6.61. The van der Waals surface area contributed by atoms with Gasteiger partial charge in [0.1, 0.15) is 6.04 Å². The monoisotopic (exact) mass is 388 g/mol. The Morgan fingerprint density at radius 2 is 2.00 bits per heavy atom. The Hall–Kier alpha value is -2.90. The number of fused-ring (bicyclic) bond motifs is 1. The molecule has 5 nitrogen and oxygen atoms in total. The second-order valence-electron chi connectivity index (χ2n) is 7.29. The van der Waals surface area contributed by atoms with E-state index in [1.54, 1.807) is 0 Å². The summed E-state index contributed by atoms with van der Waals surface area (Å²) in [7, 11) is 0. The number of nitrogens with zero attached hydrogens (tertiary/aromatic N) is 3. The number of carbonyl (C=O) groups is 1. The van der Waals surface area contributed by atoms with Crippen molar-refractivity contribution in [3.05, 3.63) is 53.3 Å². The van der Waals surface area contributed by atoms with Gasteiger partial charge in [0.05, 0.1) is 11.9 Å². The van der Waals surface area contributed by atoms with E-state index in [0.717, 1.165) is 16.7 Å². The van der Waals surface area contributed by atoms with E-state index in [2.05, 4.69) is 15.4 Å². The van der Waals surface area contributed by atoms with Crippen molar-refractivity contribution in [1.82, 2.24) is 19.9 Å². The van der Waals surface area contributed by atoms with E-state index >= 15 is 0 Å². The molecule has 0 radical (unpaired) electrons. The van der Waals surface area contributed by atoms with E-state index in [1.807, 2.05) is 44.2 Å².